The van der Waals surface area contributed by atoms with E-state index < -0.39 is 0 Å². The van der Waals surface area contributed by atoms with Crippen LogP contribution < -0.4 is 5.32 Å². The van der Waals surface area contributed by atoms with Crippen LogP contribution in [0.1, 0.15) is 26.2 Å². The van der Waals surface area contributed by atoms with Crippen molar-refractivity contribution in [2.75, 3.05) is 5.32 Å². The number of H-pyrrole nitrogens is 1. The lowest BCUT2D eigenvalue weighted by atomic mass is 10.2. The van der Waals surface area contributed by atoms with Crippen LogP contribution in [0.2, 0.25) is 0 Å². The first kappa shape index (κ1) is 10.6. The third-order valence-corrected chi connectivity index (χ3v) is 2.35. The molecule has 0 aromatic carbocycles. The molecule has 5 nitrogen and oxygen atoms in total. The van der Waals surface area contributed by atoms with Gasteiger partial charge in [-0.1, -0.05) is 13.3 Å². The second-order valence-corrected chi connectivity index (χ2v) is 3.62. The van der Waals surface area contributed by atoms with E-state index in [9.17, 15) is 4.79 Å². The number of aromatic amines is 1. The summed E-state index contributed by atoms with van der Waals surface area (Å²) in [6, 6.07) is 3.70. The van der Waals surface area contributed by atoms with Gasteiger partial charge in [-0.25, -0.2) is 4.98 Å². The molecule has 2 aromatic rings. The Labute approximate surface area is 93.3 Å². The predicted molar refractivity (Wildman–Crippen MR) is 62.0 cm³/mol. The molecule has 0 aliphatic heterocycles. The first-order valence-electron chi connectivity index (χ1n) is 5.40. The van der Waals surface area contributed by atoms with E-state index in [1.165, 1.54) is 0 Å². The van der Waals surface area contributed by atoms with Crippen LogP contribution in [0.5, 0.6) is 0 Å². The van der Waals surface area contributed by atoms with Gasteiger partial charge in [-0.05, 0) is 18.6 Å². The van der Waals surface area contributed by atoms with Gasteiger partial charge in [-0.2, -0.15) is 5.10 Å². The van der Waals surface area contributed by atoms with Crippen molar-refractivity contribution in [3.8, 4) is 0 Å². The molecule has 0 saturated heterocycles. The fourth-order valence-electron chi connectivity index (χ4n) is 1.48. The molecule has 16 heavy (non-hydrogen) atoms. The molecule has 1 amide bonds. The van der Waals surface area contributed by atoms with Gasteiger partial charge in [0.15, 0.2) is 5.65 Å². The summed E-state index contributed by atoms with van der Waals surface area (Å²) in [6.45, 7) is 2.06. The van der Waals surface area contributed by atoms with Crippen LogP contribution in [-0.4, -0.2) is 21.1 Å². The highest BCUT2D eigenvalue weighted by Crippen LogP contribution is 2.17. The van der Waals surface area contributed by atoms with Crippen molar-refractivity contribution < 1.29 is 4.79 Å². The minimum atomic E-state index is 0.0104. The van der Waals surface area contributed by atoms with Gasteiger partial charge in [-0.15, -0.1) is 0 Å². The highest BCUT2D eigenvalue weighted by atomic mass is 16.1. The fourth-order valence-corrected chi connectivity index (χ4v) is 1.48. The summed E-state index contributed by atoms with van der Waals surface area (Å²) >= 11 is 0. The van der Waals surface area contributed by atoms with Gasteiger partial charge in [0, 0.05) is 12.6 Å². The summed E-state index contributed by atoms with van der Waals surface area (Å²) in [4.78, 5) is 15.6. The first-order chi connectivity index (χ1) is 7.81. The van der Waals surface area contributed by atoms with Crippen LogP contribution in [-0.2, 0) is 4.79 Å². The van der Waals surface area contributed by atoms with E-state index in [0.717, 1.165) is 18.2 Å². The van der Waals surface area contributed by atoms with Gasteiger partial charge in [0.05, 0.1) is 5.39 Å². The first-order valence-corrected chi connectivity index (χ1v) is 5.40. The number of aromatic nitrogens is 3. The topological polar surface area (TPSA) is 70.7 Å². The summed E-state index contributed by atoms with van der Waals surface area (Å²) in [5, 5.41) is 10.4. The molecule has 0 radical (unpaired) electrons. The van der Waals surface area contributed by atoms with Gasteiger partial charge in [0.1, 0.15) is 5.82 Å². The molecule has 0 bridgehead atoms. The minimum Gasteiger partial charge on any atom is -0.311 e. The number of rotatable bonds is 4. The van der Waals surface area contributed by atoms with Crippen molar-refractivity contribution in [2.45, 2.75) is 26.2 Å². The average molecular weight is 218 g/mol. The van der Waals surface area contributed by atoms with E-state index in [2.05, 4.69) is 27.4 Å². The van der Waals surface area contributed by atoms with Crippen molar-refractivity contribution in [1.29, 1.82) is 0 Å². The van der Waals surface area contributed by atoms with E-state index in [-0.39, 0.29) is 5.91 Å². The monoisotopic (exact) mass is 218 g/mol. The predicted octanol–water partition coefficient (Wildman–Crippen LogP) is 2.09. The Hall–Kier alpha value is -1.91. The quantitative estimate of drug-likeness (QED) is 0.825. The Morgan fingerprint density at radius 2 is 2.44 bits per heavy atom. The third kappa shape index (κ3) is 2.18. The summed E-state index contributed by atoms with van der Waals surface area (Å²) in [6.07, 6.45) is 4.12. The lowest BCUT2D eigenvalue weighted by Crippen LogP contribution is -2.11. The molecule has 5 heteroatoms. The summed E-state index contributed by atoms with van der Waals surface area (Å²) in [5.41, 5.74) is 0.619. The molecule has 0 saturated carbocycles. The van der Waals surface area contributed by atoms with Crippen molar-refractivity contribution in [3.05, 3.63) is 18.3 Å². The van der Waals surface area contributed by atoms with Crippen molar-refractivity contribution in [2.24, 2.45) is 0 Å². The smallest absolute Gasteiger partial charge is 0.225 e. The molecule has 2 aromatic heterocycles. The van der Waals surface area contributed by atoms with Crippen LogP contribution in [0.15, 0.2) is 18.3 Å². The zero-order valence-corrected chi connectivity index (χ0v) is 9.16. The zero-order valence-electron chi connectivity index (χ0n) is 9.16. The SMILES string of the molecule is CCCCC(=O)Nc1[nH]nc2ncccc12. The maximum absolute atomic E-state index is 11.5. The van der Waals surface area contributed by atoms with Crippen molar-refractivity contribution in [3.63, 3.8) is 0 Å². The second-order valence-electron chi connectivity index (χ2n) is 3.62. The normalized spacial score (nSPS) is 10.6. The second kappa shape index (κ2) is 4.74. The Morgan fingerprint density at radius 3 is 3.25 bits per heavy atom. The number of hydrogen-bond donors (Lipinski definition) is 2. The number of fused-ring (bicyclic) bond motifs is 1. The number of carbonyl (C=O) groups excluding carboxylic acids is 1. The summed E-state index contributed by atoms with van der Waals surface area (Å²) < 4.78 is 0. The number of amides is 1. The Kier molecular flexibility index (Phi) is 3.14. The third-order valence-electron chi connectivity index (χ3n) is 2.35. The summed E-state index contributed by atoms with van der Waals surface area (Å²) in [7, 11) is 0. The molecule has 0 unspecified atom stereocenters. The number of hydrogen-bond acceptors (Lipinski definition) is 3. The number of carbonyl (C=O) groups is 1. The van der Waals surface area contributed by atoms with E-state index >= 15 is 0 Å². The van der Waals surface area contributed by atoms with Crippen LogP contribution in [0.4, 0.5) is 5.82 Å². The lowest BCUT2D eigenvalue weighted by molar-refractivity contribution is -0.116. The molecule has 0 spiro atoms. The Bertz CT molecular complexity index is 491. The van der Waals surface area contributed by atoms with Gasteiger partial charge < -0.3 is 5.32 Å². The van der Waals surface area contributed by atoms with Gasteiger partial charge in [0.2, 0.25) is 5.91 Å². The average Bonchev–Trinajstić information content (AvgIpc) is 2.70. The standard InChI is InChI=1S/C11H14N4O/c1-2-3-6-9(16)13-11-8-5-4-7-12-10(8)14-15-11/h4-5,7H,2-3,6H2,1H3,(H2,12,13,14,15,16). The van der Waals surface area contributed by atoms with Crippen LogP contribution >= 0.6 is 0 Å². The van der Waals surface area contributed by atoms with E-state index in [0.29, 0.717) is 17.9 Å². The number of nitrogens with one attached hydrogen (secondary N) is 2. The van der Waals surface area contributed by atoms with Gasteiger partial charge in [0.25, 0.3) is 0 Å². The zero-order chi connectivity index (χ0) is 11.4. The summed E-state index contributed by atoms with van der Waals surface area (Å²) in [5.74, 6) is 0.639. The van der Waals surface area contributed by atoms with Gasteiger partial charge in [-0.3, -0.25) is 9.89 Å². The Balaban J connectivity index is 2.12. The molecule has 0 fully saturated rings. The number of pyridine rings is 1. The number of nitrogens with zero attached hydrogens (tertiary/aromatic N) is 2. The van der Waals surface area contributed by atoms with Gasteiger partial charge >= 0.3 is 0 Å². The number of anilines is 1. The molecule has 2 heterocycles. The molecular formula is C11H14N4O. The molecule has 2 N–H and O–H groups in total. The maximum Gasteiger partial charge on any atom is 0.225 e. The Morgan fingerprint density at radius 1 is 1.56 bits per heavy atom. The molecule has 84 valence electrons. The molecule has 0 aliphatic rings. The lowest BCUT2D eigenvalue weighted by Gasteiger charge is -2.01. The molecule has 0 atom stereocenters. The number of unbranched alkanes of at least 4 members (excludes halogenated alkanes) is 1. The van der Waals surface area contributed by atoms with E-state index in [1.54, 1.807) is 6.20 Å². The molecule has 0 aliphatic carbocycles. The van der Waals surface area contributed by atoms with Crippen molar-refractivity contribution in [1.82, 2.24) is 15.2 Å². The van der Waals surface area contributed by atoms with Crippen LogP contribution in [0, 0.1) is 0 Å². The largest absolute Gasteiger partial charge is 0.311 e. The molecule has 2 rings (SSSR count). The van der Waals surface area contributed by atoms with Crippen LogP contribution in [0.25, 0.3) is 11.0 Å². The highest BCUT2D eigenvalue weighted by Gasteiger charge is 2.08. The van der Waals surface area contributed by atoms with Crippen molar-refractivity contribution >= 4 is 22.8 Å². The fraction of sp³-hybridized carbons (Fsp3) is 0.364. The highest BCUT2D eigenvalue weighted by molar-refractivity contribution is 5.98. The van der Waals surface area contributed by atoms with E-state index in [4.69, 9.17) is 0 Å². The van der Waals surface area contributed by atoms with E-state index in [1.807, 2.05) is 12.1 Å². The minimum absolute atomic E-state index is 0.0104. The van der Waals surface area contributed by atoms with Crippen LogP contribution in [0.3, 0.4) is 0 Å². The molecular weight excluding hydrogens is 204 g/mol. The maximum atomic E-state index is 11.5.